The number of anilines is 3. The Morgan fingerprint density at radius 3 is 2.43 bits per heavy atom. The molecule has 0 heterocycles. The molecular weight excluding hydrogens is 270 g/mol. The first-order valence-corrected chi connectivity index (χ1v) is 6.28. The summed E-state index contributed by atoms with van der Waals surface area (Å²) < 4.78 is 10.2. The van der Waals surface area contributed by atoms with Crippen LogP contribution in [0.3, 0.4) is 0 Å². The molecular formula is C15H17N3O3. The second kappa shape index (κ2) is 6.51. The first kappa shape index (κ1) is 14.5. The monoisotopic (exact) mass is 287 g/mol. The molecule has 2 aromatic carbocycles. The normalized spacial score (nSPS) is 9.81. The van der Waals surface area contributed by atoms with Gasteiger partial charge >= 0.3 is 6.03 Å². The molecule has 0 atom stereocenters. The maximum atomic E-state index is 12.0. The Hall–Kier alpha value is -2.89. The predicted octanol–water partition coefficient (Wildman–Crippen LogP) is 2.93. The summed E-state index contributed by atoms with van der Waals surface area (Å²) >= 11 is 0. The van der Waals surface area contributed by atoms with Crippen LogP contribution < -0.4 is 25.8 Å². The summed E-state index contributed by atoms with van der Waals surface area (Å²) in [5.41, 5.74) is 7.37. The van der Waals surface area contributed by atoms with E-state index in [-0.39, 0.29) is 0 Å². The fraction of sp³-hybridized carbons (Fsp3) is 0.133. The molecule has 2 rings (SSSR count). The minimum atomic E-state index is -0.400. The first-order chi connectivity index (χ1) is 10.1. The molecule has 110 valence electrons. The predicted molar refractivity (Wildman–Crippen MR) is 83.0 cm³/mol. The third-order valence-corrected chi connectivity index (χ3v) is 2.84. The van der Waals surface area contributed by atoms with Crippen LogP contribution in [0.1, 0.15) is 0 Å². The van der Waals surface area contributed by atoms with E-state index in [9.17, 15) is 4.79 Å². The molecule has 0 bridgehead atoms. The Balaban J connectivity index is 2.07. The highest BCUT2D eigenvalue weighted by Gasteiger charge is 2.07. The fourth-order valence-corrected chi connectivity index (χ4v) is 1.76. The summed E-state index contributed by atoms with van der Waals surface area (Å²) in [6.45, 7) is 0. The van der Waals surface area contributed by atoms with Crippen LogP contribution in [0.4, 0.5) is 21.9 Å². The third-order valence-electron chi connectivity index (χ3n) is 2.84. The maximum Gasteiger partial charge on any atom is 0.323 e. The van der Waals surface area contributed by atoms with Crippen molar-refractivity contribution in [3.63, 3.8) is 0 Å². The van der Waals surface area contributed by atoms with E-state index in [0.29, 0.717) is 28.6 Å². The number of carbonyl (C=O) groups is 1. The van der Waals surface area contributed by atoms with E-state index in [1.165, 1.54) is 0 Å². The molecule has 2 amide bonds. The highest BCUT2D eigenvalue weighted by molar-refractivity contribution is 6.01. The van der Waals surface area contributed by atoms with E-state index in [1.807, 2.05) is 0 Å². The largest absolute Gasteiger partial charge is 0.497 e. The summed E-state index contributed by atoms with van der Waals surface area (Å²) in [7, 11) is 3.11. The van der Waals surface area contributed by atoms with Crippen LogP contribution in [0, 0.1) is 0 Å². The lowest BCUT2D eigenvalue weighted by Gasteiger charge is -2.11. The van der Waals surface area contributed by atoms with E-state index in [4.69, 9.17) is 15.2 Å². The van der Waals surface area contributed by atoms with Crippen molar-refractivity contribution in [1.29, 1.82) is 0 Å². The number of ether oxygens (including phenoxy) is 2. The zero-order chi connectivity index (χ0) is 15.2. The van der Waals surface area contributed by atoms with Gasteiger partial charge in [-0.1, -0.05) is 6.07 Å². The lowest BCUT2D eigenvalue weighted by molar-refractivity contribution is 0.262. The molecule has 0 fully saturated rings. The maximum absolute atomic E-state index is 12.0. The minimum absolute atomic E-state index is 0.400. The molecule has 2 aromatic rings. The van der Waals surface area contributed by atoms with Gasteiger partial charge in [-0.15, -0.1) is 0 Å². The van der Waals surface area contributed by atoms with Crippen LogP contribution >= 0.6 is 0 Å². The van der Waals surface area contributed by atoms with Crippen molar-refractivity contribution in [3.8, 4) is 11.5 Å². The molecule has 6 heteroatoms. The third kappa shape index (κ3) is 3.79. The second-order valence-corrected chi connectivity index (χ2v) is 4.26. The molecule has 0 radical (unpaired) electrons. The number of amides is 2. The average Bonchev–Trinajstić information content (AvgIpc) is 2.49. The highest BCUT2D eigenvalue weighted by atomic mass is 16.5. The molecule has 0 saturated heterocycles. The number of urea groups is 1. The Morgan fingerprint density at radius 2 is 1.71 bits per heavy atom. The van der Waals surface area contributed by atoms with Gasteiger partial charge < -0.3 is 25.8 Å². The van der Waals surface area contributed by atoms with Gasteiger partial charge in [0.05, 0.1) is 25.6 Å². The van der Waals surface area contributed by atoms with Crippen LogP contribution in [0.15, 0.2) is 42.5 Å². The number of carbonyl (C=O) groups excluding carboxylic acids is 1. The zero-order valence-corrected chi connectivity index (χ0v) is 11.8. The van der Waals surface area contributed by atoms with Gasteiger partial charge in [-0.3, -0.25) is 0 Å². The number of hydrogen-bond donors (Lipinski definition) is 3. The number of benzene rings is 2. The van der Waals surface area contributed by atoms with Crippen LogP contribution in [-0.2, 0) is 0 Å². The van der Waals surface area contributed by atoms with E-state index >= 15 is 0 Å². The second-order valence-electron chi connectivity index (χ2n) is 4.26. The molecule has 0 unspecified atom stereocenters. The molecule has 4 N–H and O–H groups in total. The van der Waals surface area contributed by atoms with Gasteiger partial charge in [-0.05, 0) is 24.3 Å². The van der Waals surface area contributed by atoms with Gasteiger partial charge in [0.1, 0.15) is 11.5 Å². The Labute approximate surface area is 122 Å². The summed E-state index contributed by atoms with van der Waals surface area (Å²) in [6, 6.07) is 11.7. The van der Waals surface area contributed by atoms with Gasteiger partial charge in [0.25, 0.3) is 0 Å². The first-order valence-electron chi connectivity index (χ1n) is 6.28. The molecule has 0 aliphatic rings. The van der Waals surface area contributed by atoms with Crippen molar-refractivity contribution in [2.45, 2.75) is 0 Å². The van der Waals surface area contributed by atoms with E-state index in [0.717, 1.165) is 0 Å². The highest BCUT2D eigenvalue weighted by Crippen LogP contribution is 2.24. The summed E-state index contributed by atoms with van der Waals surface area (Å²) in [6.07, 6.45) is 0. The Kier molecular flexibility index (Phi) is 4.50. The lowest BCUT2D eigenvalue weighted by atomic mass is 10.2. The van der Waals surface area contributed by atoms with Crippen molar-refractivity contribution in [1.82, 2.24) is 0 Å². The Morgan fingerprint density at radius 1 is 1.00 bits per heavy atom. The fourth-order valence-electron chi connectivity index (χ4n) is 1.76. The van der Waals surface area contributed by atoms with Gasteiger partial charge in [0, 0.05) is 17.8 Å². The molecule has 21 heavy (non-hydrogen) atoms. The van der Waals surface area contributed by atoms with Crippen molar-refractivity contribution < 1.29 is 14.3 Å². The quantitative estimate of drug-likeness (QED) is 0.755. The van der Waals surface area contributed by atoms with E-state index in [1.54, 1.807) is 56.7 Å². The summed E-state index contributed by atoms with van der Waals surface area (Å²) in [5, 5.41) is 5.38. The standard InChI is InChI=1S/C15H17N3O3/c1-20-11-5-3-4-10(8-11)17-15(19)18-14-9-12(21-2)6-7-13(14)16/h3-9H,16H2,1-2H3,(H2,17,18,19). The SMILES string of the molecule is COc1cccc(NC(=O)Nc2cc(OC)ccc2N)c1. The van der Waals surface area contributed by atoms with Crippen LogP contribution in [-0.4, -0.2) is 20.3 Å². The molecule has 0 aliphatic carbocycles. The summed E-state index contributed by atoms with van der Waals surface area (Å²) in [5.74, 6) is 1.27. The van der Waals surface area contributed by atoms with Gasteiger partial charge in [-0.25, -0.2) is 4.79 Å². The van der Waals surface area contributed by atoms with Crippen molar-refractivity contribution in [2.75, 3.05) is 30.6 Å². The van der Waals surface area contributed by atoms with Crippen LogP contribution in [0.5, 0.6) is 11.5 Å². The average molecular weight is 287 g/mol. The van der Waals surface area contributed by atoms with Crippen molar-refractivity contribution >= 4 is 23.1 Å². The molecule has 6 nitrogen and oxygen atoms in total. The number of nitrogen functional groups attached to an aromatic ring is 1. The molecule has 0 aromatic heterocycles. The molecule has 0 spiro atoms. The van der Waals surface area contributed by atoms with Gasteiger partial charge in [0.2, 0.25) is 0 Å². The molecule has 0 saturated carbocycles. The minimum Gasteiger partial charge on any atom is -0.497 e. The van der Waals surface area contributed by atoms with E-state index < -0.39 is 6.03 Å². The smallest absolute Gasteiger partial charge is 0.323 e. The number of nitrogens with two attached hydrogens (primary N) is 1. The topological polar surface area (TPSA) is 85.6 Å². The van der Waals surface area contributed by atoms with Crippen molar-refractivity contribution in [3.05, 3.63) is 42.5 Å². The number of methoxy groups -OCH3 is 2. The molecule has 0 aliphatic heterocycles. The zero-order valence-electron chi connectivity index (χ0n) is 11.8. The van der Waals surface area contributed by atoms with Crippen molar-refractivity contribution in [2.24, 2.45) is 0 Å². The Bertz CT molecular complexity index is 644. The van der Waals surface area contributed by atoms with Gasteiger partial charge in [-0.2, -0.15) is 0 Å². The number of rotatable bonds is 4. The van der Waals surface area contributed by atoms with Crippen LogP contribution in [0.2, 0.25) is 0 Å². The van der Waals surface area contributed by atoms with E-state index in [2.05, 4.69) is 10.6 Å². The number of hydrogen-bond acceptors (Lipinski definition) is 4. The van der Waals surface area contributed by atoms with Gasteiger partial charge in [0.15, 0.2) is 0 Å². The summed E-state index contributed by atoms with van der Waals surface area (Å²) in [4.78, 5) is 12.0. The number of nitrogens with one attached hydrogen (secondary N) is 2. The lowest BCUT2D eigenvalue weighted by Crippen LogP contribution is -2.20. The van der Waals surface area contributed by atoms with Crippen LogP contribution in [0.25, 0.3) is 0 Å².